The SMILES string of the molecule is CC(C)CC(=O)Nc1cccc(CNC2CCCC2)c1. The Balaban J connectivity index is 1.85. The Morgan fingerprint density at radius 3 is 2.75 bits per heavy atom. The first-order chi connectivity index (χ1) is 9.63. The first-order valence-electron chi connectivity index (χ1n) is 7.75. The lowest BCUT2D eigenvalue weighted by atomic mass is 10.1. The van der Waals surface area contributed by atoms with E-state index in [1.165, 1.54) is 31.2 Å². The summed E-state index contributed by atoms with van der Waals surface area (Å²) in [5.74, 6) is 0.489. The molecule has 1 aliphatic rings. The summed E-state index contributed by atoms with van der Waals surface area (Å²) in [5.41, 5.74) is 2.14. The highest BCUT2D eigenvalue weighted by molar-refractivity contribution is 5.90. The highest BCUT2D eigenvalue weighted by Crippen LogP contribution is 2.18. The highest BCUT2D eigenvalue weighted by Gasteiger charge is 2.13. The predicted molar refractivity (Wildman–Crippen MR) is 83.6 cm³/mol. The van der Waals surface area contributed by atoms with Gasteiger partial charge in [0.25, 0.3) is 0 Å². The first-order valence-corrected chi connectivity index (χ1v) is 7.75. The maximum Gasteiger partial charge on any atom is 0.224 e. The Labute approximate surface area is 122 Å². The molecular weight excluding hydrogens is 248 g/mol. The Kier molecular flexibility index (Phi) is 5.60. The molecule has 0 heterocycles. The van der Waals surface area contributed by atoms with Crippen LogP contribution in [0.25, 0.3) is 0 Å². The summed E-state index contributed by atoms with van der Waals surface area (Å²) in [7, 11) is 0. The topological polar surface area (TPSA) is 41.1 Å². The van der Waals surface area contributed by atoms with Gasteiger partial charge in [0, 0.05) is 24.7 Å². The van der Waals surface area contributed by atoms with Gasteiger partial charge in [0.15, 0.2) is 0 Å². The first kappa shape index (κ1) is 15.0. The van der Waals surface area contributed by atoms with Crippen LogP contribution in [0.1, 0.15) is 51.5 Å². The number of hydrogen-bond donors (Lipinski definition) is 2. The van der Waals surface area contributed by atoms with Crippen molar-refractivity contribution in [2.45, 2.75) is 58.5 Å². The minimum absolute atomic E-state index is 0.0981. The van der Waals surface area contributed by atoms with Gasteiger partial charge in [0.2, 0.25) is 5.91 Å². The Morgan fingerprint density at radius 1 is 1.30 bits per heavy atom. The van der Waals surface area contributed by atoms with E-state index in [0.29, 0.717) is 18.4 Å². The van der Waals surface area contributed by atoms with E-state index in [1.54, 1.807) is 0 Å². The predicted octanol–water partition coefficient (Wildman–Crippen LogP) is 3.70. The molecule has 1 aliphatic carbocycles. The van der Waals surface area contributed by atoms with Crippen molar-refractivity contribution >= 4 is 11.6 Å². The number of carbonyl (C=O) groups excluding carboxylic acids is 1. The second-order valence-electron chi connectivity index (χ2n) is 6.21. The van der Waals surface area contributed by atoms with Crippen molar-refractivity contribution < 1.29 is 4.79 Å². The second-order valence-corrected chi connectivity index (χ2v) is 6.21. The molecule has 0 aliphatic heterocycles. The van der Waals surface area contributed by atoms with E-state index in [2.05, 4.69) is 36.6 Å². The third-order valence-electron chi connectivity index (χ3n) is 3.75. The number of hydrogen-bond acceptors (Lipinski definition) is 2. The van der Waals surface area contributed by atoms with Gasteiger partial charge in [-0.3, -0.25) is 4.79 Å². The number of rotatable bonds is 6. The van der Waals surface area contributed by atoms with Crippen molar-refractivity contribution in [2.75, 3.05) is 5.32 Å². The molecule has 0 spiro atoms. The van der Waals surface area contributed by atoms with Crippen molar-refractivity contribution in [3.8, 4) is 0 Å². The summed E-state index contributed by atoms with van der Waals surface area (Å²) in [6, 6.07) is 8.82. The van der Waals surface area contributed by atoms with E-state index >= 15 is 0 Å². The van der Waals surface area contributed by atoms with E-state index in [1.807, 2.05) is 12.1 Å². The molecule has 20 heavy (non-hydrogen) atoms. The van der Waals surface area contributed by atoms with Crippen molar-refractivity contribution in [1.29, 1.82) is 0 Å². The molecule has 0 bridgehead atoms. The molecule has 2 rings (SSSR count). The Hall–Kier alpha value is -1.35. The molecule has 3 nitrogen and oxygen atoms in total. The van der Waals surface area contributed by atoms with Gasteiger partial charge in [0.1, 0.15) is 0 Å². The minimum atomic E-state index is 0.0981. The molecule has 3 heteroatoms. The zero-order valence-electron chi connectivity index (χ0n) is 12.6. The fraction of sp³-hybridized carbons (Fsp3) is 0.588. The van der Waals surface area contributed by atoms with Gasteiger partial charge in [0.05, 0.1) is 0 Å². The van der Waals surface area contributed by atoms with Gasteiger partial charge in [-0.1, -0.05) is 38.8 Å². The molecule has 110 valence electrons. The summed E-state index contributed by atoms with van der Waals surface area (Å²) in [5, 5.41) is 6.57. The molecule has 1 amide bonds. The summed E-state index contributed by atoms with van der Waals surface area (Å²) < 4.78 is 0. The van der Waals surface area contributed by atoms with Crippen LogP contribution in [0, 0.1) is 5.92 Å². The summed E-state index contributed by atoms with van der Waals surface area (Å²) >= 11 is 0. The van der Waals surface area contributed by atoms with Gasteiger partial charge in [-0.2, -0.15) is 0 Å². The Bertz CT molecular complexity index is 436. The van der Waals surface area contributed by atoms with Crippen molar-refractivity contribution in [3.05, 3.63) is 29.8 Å². The molecule has 0 saturated heterocycles. The zero-order valence-corrected chi connectivity index (χ0v) is 12.6. The number of carbonyl (C=O) groups is 1. The zero-order chi connectivity index (χ0) is 14.4. The fourth-order valence-electron chi connectivity index (χ4n) is 2.73. The molecule has 1 fully saturated rings. The van der Waals surface area contributed by atoms with E-state index in [4.69, 9.17) is 0 Å². The molecule has 1 saturated carbocycles. The minimum Gasteiger partial charge on any atom is -0.326 e. The van der Waals surface area contributed by atoms with Gasteiger partial charge in [-0.15, -0.1) is 0 Å². The standard InChI is InChI=1S/C17H26N2O/c1-13(2)10-17(20)19-16-9-5-6-14(11-16)12-18-15-7-3-4-8-15/h5-6,9,11,13,15,18H,3-4,7-8,10,12H2,1-2H3,(H,19,20). The normalized spacial score (nSPS) is 15.8. The summed E-state index contributed by atoms with van der Waals surface area (Å²) in [6.07, 6.45) is 5.87. The molecular formula is C17H26N2O. The van der Waals surface area contributed by atoms with Crippen molar-refractivity contribution in [3.63, 3.8) is 0 Å². The molecule has 1 aromatic rings. The van der Waals surface area contributed by atoms with E-state index in [0.717, 1.165) is 12.2 Å². The van der Waals surface area contributed by atoms with Crippen LogP contribution in [0.15, 0.2) is 24.3 Å². The van der Waals surface area contributed by atoms with Gasteiger partial charge >= 0.3 is 0 Å². The monoisotopic (exact) mass is 274 g/mol. The molecule has 1 aromatic carbocycles. The van der Waals surface area contributed by atoms with Crippen LogP contribution in [0.2, 0.25) is 0 Å². The number of nitrogens with one attached hydrogen (secondary N) is 2. The Morgan fingerprint density at radius 2 is 2.05 bits per heavy atom. The van der Waals surface area contributed by atoms with E-state index < -0.39 is 0 Å². The highest BCUT2D eigenvalue weighted by atomic mass is 16.1. The average molecular weight is 274 g/mol. The molecule has 0 unspecified atom stereocenters. The summed E-state index contributed by atoms with van der Waals surface area (Å²) in [6.45, 7) is 5.00. The molecule has 0 radical (unpaired) electrons. The average Bonchev–Trinajstić information content (AvgIpc) is 2.88. The molecule has 0 atom stereocenters. The van der Waals surface area contributed by atoms with Gasteiger partial charge in [-0.05, 0) is 36.5 Å². The van der Waals surface area contributed by atoms with Crippen molar-refractivity contribution in [2.24, 2.45) is 5.92 Å². The van der Waals surface area contributed by atoms with Gasteiger partial charge < -0.3 is 10.6 Å². The van der Waals surface area contributed by atoms with Crippen LogP contribution >= 0.6 is 0 Å². The van der Waals surface area contributed by atoms with Crippen LogP contribution < -0.4 is 10.6 Å². The fourth-order valence-corrected chi connectivity index (χ4v) is 2.73. The quantitative estimate of drug-likeness (QED) is 0.830. The lowest BCUT2D eigenvalue weighted by Gasteiger charge is -2.13. The molecule has 0 aromatic heterocycles. The van der Waals surface area contributed by atoms with Crippen LogP contribution in [0.4, 0.5) is 5.69 Å². The number of anilines is 1. The van der Waals surface area contributed by atoms with Crippen LogP contribution in [-0.4, -0.2) is 11.9 Å². The van der Waals surface area contributed by atoms with Crippen LogP contribution in [0.3, 0.4) is 0 Å². The molecule has 2 N–H and O–H groups in total. The lowest BCUT2D eigenvalue weighted by Crippen LogP contribution is -2.25. The third kappa shape index (κ3) is 4.97. The van der Waals surface area contributed by atoms with Crippen molar-refractivity contribution in [1.82, 2.24) is 5.32 Å². The number of benzene rings is 1. The second kappa shape index (κ2) is 7.44. The maximum atomic E-state index is 11.8. The number of amides is 1. The third-order valence-corrected chi connectivity index (χ3v) is 3.75. The van der Waals surface area contributed by atoms with E-state index in [9.17, 15) is 4.79 Å². The van der Waals surface area contributed by atoms with Crippen LogP contribution in [-0.2, 0) is 11.3 Å². The van der Waals surface area contributed by atoms with E-state index in [-0.39, 0.29) is 5.91 Å². The smallest absolute Gasteiger partial charge is 0.224 e. The lowest BCUT2D eigenvalue weighted by molar-refractivity contribution is -0.116. The van der Waals surface area contributed by atoms with Crippen LogP contribution in [0.5, 0.6) is 0 Å². The van der Waals surface area contributed by atoms with Gasteiger partial charge in [-0.25, -0.2) is 0 Å². The largest absolute Gasteiger partial charge is 0.326 e. The maximum absolute atomic E-state index is 11.8. The summed E-state index contributed by atoms with van der Waals surface area (Å²) in [4.78, 5) is 11.8.